The Balaban J connectivity index is 3.06. The zero-order valence-electron chi connectivity index (χ0n) is 9.15. The standard InChI is InChI=1S/C10H18N2O2/c1-5-10(3,14)9(13)8-7(2)6-11-12(8)4/h6,9,13-14H,5H2,1-4H3. The molecule has 4 heteroatoms. The van der Waals surface area contributed by atoms with Gasteiger partial charge < -0.3 is 10.2 Å². The third-order valence-corrected chi connectivity index (χ3v) is 2.74. The van der Waals surface area contributed by atoms with E-state index in [4.69, 9.17) is 0 Å². The lowest BCUT2D eigenvalue weighted by Gasteiger charge is -2.28. The molecule has 2 atom stereocenters. The molecular weight excluding hydrogens is 180 g/mol. The van der Waals surface area contributed by atoms with Gasteiger partial charge in [-0.3, -0.25) is 4.68 Å². The van der Waals surface area contributed by atoms with Crippen molar-refractivity contribution in [2.45, 2.75) is 38.9 Å². The number of aliphatic hydroxyl groups excluding tert-OH is 1. The van der Waals surface area contributed by atoms with E-state index in [2.05, 4.69) is 5.10 Å². The quantitative estimate of drug-likeness (QED) is 0.759. The van der Waals surface area contributed by atoms with Gasteiger partial charge in [-0.2, -0.15) is 5.10 Å². The smallest absolute Gasteiger partial charge is 0.124 e. The van der Waals surface area contributed by atoms with Crippen LogP contribution in [0, 0.1) is 6.92 Å². The summed E-state index contributed by atoms with van der Waals surface area (Å²) in [6.45, 7) is 5.34. The number of aryl methyl sites for hydroxylation is 2. The molecule has 0 saturated heterocycles. The van der Waals surface area contributed by atoms with Crippen LogP contribution in [0.15, 0.2) is 6.20 Å². The summed E-state index contributed by atoms with van der Waals surface area (Å²) in [6.07, 6.45) is 1.29. The fourth-order valence-electron chi connectivity index (χ4n) is 1.44. The Kier molecular flexibility index (Phi) is 2.97. The summed E-state index contributed by atoms with van der Waals surface area (Å²) >= 11 is 0. The van der Waals surface area contributed by atoms with E-state index in [0.29, 0.717) is 12.1 Å². The molecule has 0 aliphatic rings. The van der Waals surface area contributed by atoms with Gasteiger partial charge in [-0.25, -0.2) is 0 Å². The van der Waals surface area contributed by atoms with Crippen LogP contribution < -0.4 is 0 Å². The summed E-state index contributed by atoms with van der Waals surface area (Å²) in [5.74, 6) is 0. The maximum absolute atomic E-state index is 9.99. The number of hydrogen-bond acceptors (Lipinski definition) is 3. The molecule has 0 radical (unpaired) electrons. The summed E-state index contributed by atoms with van der Waals surface area (Å²) in [5.41, 5.74) is 0.476. The minimum absolute atomic E-state index is 0.499. The largest absolute Gasteiger partial charge is 0.387 e. The molecule has 0 fully saturated rings. The van der Waals surface area contributed by atoms with Crippen LogP contribution in [0.5, 0.6) is 0 Å². The van der Waals surface area contributed by atoms with Crippen molar-refractivity contribution in [3.63, 3.8) is 0 Å². The molecule has 0 spiro atoms. The predicted octanol–water partition coefficient (Wildman–Crippen LogP) is 0.923. The average molecular weight is 198 g/mol. The molecule has 0 aliphatic heterocycles. The van der Waals surface area contributed by atoms with E-state index >= 15 is 0 Å². The van der Waals surface area contributed by atoms with Crippen LogP contribution in [0.3, 0.4) is 0 Å². The van der Waals surface area contributed by atoms with Gasteiger partial charge in [0.15, 0.2) is 0 Å². The second-order valence-electron chi connectivity index (χ2n) is 3.95. The number of aliphatic hydroxyl groups is 2. The lowest BCUT2D eigenvalue weighted by molar-refractivity contribution is -0.0696. The summed E-state index contributed by atoms with van der Waals surface area (Å²) < 4.78 is 1.60. The average Bonchev–Trinajstić information content (AvgIpc) is 2.45. The van der Waals surface area contributed by atoms with Crippen LogP contribution >= 0.6 is 0 Å². The number of aromatic nitrogens is 2. The van der Waals surface area contributed by atoms with Gasteiger partial charge in [0.2, 0.25) is 0 Å². The molecule has 0 amide bonds. The highest BCUT2D eigenvalue weighted by atomic mass is 16.3. The molecule has 80 valence electrons. The monoisotopic (exact) mass is 198 g/mol. The van der Waals surface area contributed by atoms with Crippen molar-refractivity contribution in [3.8, 4) is 0 Å². The fourth-order valence-corrected chi connectivity index (χ4v) is 1.44. The highest BCUT2D eigenvalue weighted by Crippen LogP contribution is 2.29. The van der Waals surface area contributed by atoms with Crippen molar-refractivity contribution in [1.29, 1.82) is 0 Å². The molecule has 4 nitrogen and oxygen atoms in total. The molecule has 0 aliphatic carbocycles. The van der Waals surface area contributed by atoms with E-state index in [1.807, 2.05) is 13.8 Å². The summed E-state index contributed by atoms with van der Waals surface area (Å²) in [4.78, 5) is 0. The molecule has 0 bridgehead atoms. The molecule has 0 saturated carbocycles. The zero-order valence-corrected chi connectivity index (χ0v) is 9.15. The zero-order chi connectivity index (χ0) is 10.9. The van der Waals surface area contributed by atoms with E-state index in [1.54, 1.807) is 24.9 Å². The van der Waals surface area contributed by atoms with Crippen LogP contribution in [-0.2, 0) is 7.05 Å². The molecule has 1 rings (SSSR count). The van der Waals surface area contributed by atoms with Crippen molar-refractivity contribution in [2.24, 2.45) is 7.05 Å². The van der Waals surface area contributed by atoms with Crippen molar-refractivity contribution in [3.05, 3.63) is 17.5 Å². The molecule has 2 unspecified atom stereocenters. The Morgan fingerprint density at radius 3 is 2.57 bits per heavy atom. The second-order valence-corrected chi connectivity index (χ2v) is 3.95. The van der Waals surface area contributed by atoms with E-state index in [9.17, 15) is 10.2 Å². The van der Waals surface area contributed by atoms with E-state index in [-0.39, 0.29) is 0 Å². The topological polar surface area (TPSA) is 58.3 Å². The second kappa shape index (κ2) is 3.71. The molecule has 0 aromatic carbocycles. The highest BCUT2D eigenvalue weighted by Gasteiger charge is 2.32. The molecule has 1 aromatic rings. The maximum Gasteiger partial charge on any atom is 0.124 e. The third-order valence-electron chi connectivity index (χ3n) is 2.74. The predicted molar refractivity (Wildman–Crippen MR) is 53.8 cm³/mol. The van der Waals surface area contributed by atoms with E-state index < -0.39 is 11.7 Å². The summed E-state index contributed by atoms with van der Waals surface area (Å²) in [6, 6.07) is 0. The van der Waals surface area contributed by atoms with Crippen molar-refractivity contribution in [1.82, 2.24) is 9.78 Å². The van der Waals surface area contributed by atoms with Crippen molar-refractivity contribution < 1.29 is 10.2 Å². The van der Waals surface area contributed by atoms with E-state index in [0.717, 1.165) is 5.56 Å². The van der Waals surface area contributed by atoms with Crippen LogP contribution in [0.4, 0.5) is 0 Å². The first-order valence-corrected chi connectivity index (χ1v) is 4.79. The van der Waals surface area contributed by atoms with Gasteiger partial charge in [0.05, 0.1) is 17.5 Å². The Bertz CT molecular complexity index is 298. The normalized spacial score (nSPS) is 17.9. The van der Waals surface area contributed by atoms with Crippen LogP contribution in [-0.4, -0.2) is 25.6 Å². The third kappa shape index (κ3) is 1.81. The maximum atomic E-state index is 9.99. The van der Waals surface area contributed by atoms with Gasteiger partial charge in [-0.05, 0) is 25.8 Å². The van der Waals surface area contributed by atoms with E-state index in [1.165, 1.54) is 0 Å². The van der Waals surface area contributed by atoms with Gasteiger partial charge >= 0.3 is 0 Å². The molecule has 2 N–H and O–H groups in total. The lowest BCUT2D eigenvalue weighted by atomic mass is 9.92. The Morgan fingerprint density at radius 2 is 2.21 bits per heavy atom. The number of nitrogens with zero attached hydrogens (tertiary/aromatic N) is 2. The van der Waals surface area contributed by atoms with Gasteiger partial charge in [0.25, 0.3) is 0 Å². The first kappa shape index (κ1) is 11.2. The van der Waals surface area contributed by atoms with Gasteiger partial charge in [0, 0.05) is 7.05 Å². The van der Waals surface area contributed by atoms with Gasteiger partial charge in [0.1, 0.15) is 6.10 Å². The molecule has 14 heavy (non-hydrogen) atoms. The highest BCUT2D eigenvalue weighted by molar-refractivity contribution is 5.20. The molecular formula is C10H18N2O2. The molecule has 1 aromatic heterocycles. The molecule has 1 heterocycles. The minimum atomic E-state index is -1.10. The van der Waals surface area contributed by atoms with Crippen LogP contribution in [0.25, 0.3) is 0 Å². The SMILES string of the molecule is CCC(C)(O)C(O)c1c(C)cnn1C. The first-order valence-electron chi connectivity index (χ1n) is 4.79. The Labute approximate surface area is 84.2 Å². The van der Waals surface area contributed by atoms with Crippen molar-refractivity contribution in [2.75, 3.05) is 0 Å². The summed E-state index contributed by atoms with van der Waals surface area (Å²) in [5, 5.41) is 23.9. The first-order chi connectivity index (χ1) is 6.40. The summed E-state index contributed by atoms with van der Waals surface area (Å²) in [7, 11) is 1.76. The van der Waals surface area contributed by atoms with Gasteiger partial charge in [-0.1, -0.05) is 6.92 Å². The fraction of sp³-hybridized carbons (Fsp3) is 0.700. The minimum Gasteiger partial charge on any atom is -0.387 e. The van der Waals surface area contributed by atoms with Crippen LogP contribution in [0.2, 0.25) is 0 Å². The Morgan fingerprint density at radius 1 is 1.64 bits per heavy atom. The Hall–Kier alpha value is -0.870. The number of hydrogen-bond donors (Lipinski definition) is 2. The van der Waals surface area contributed by atoms with Crippen molar-refractivity contribution >= 4 is 0 Å². The number of rotatable bonds is 3. The van der Waals surface area contributed by atoms with Gasteiger partial charge in [-0.15, -0.1) is 0 Å². The lowest BCUT2D eigenvalue weighted by Crippen LogP contribution is -2.33. The van der Waals surface area contributed by atoms with Crippen LogP contribution in [0.1, 0.15) is 37.6 Å².